The van der Waals surface area contributed by atoms with Crippen LogP contribution in [0.5, 0.6) is 5.75 Å². The number of carbonyl (C=O) groups is 2. The van der Waals surface area contributed by atoms with E-state index in [1.54, 1.807) is 55.8 Å². The highest BCUT2D eigenvalue weighted by Crippen LogP contribution is 2.28. The van der Waals surface area contributed by atoms with Gasteiger partial charge in [0.2, 0.25) is 0 Å². The number of fused-ring (bicyclic) bond motifs is 1. The lowest BCUT2D eigenvalue weighted by Crippen LogP contribution is -2.28. The molecule has 3 aromatic heterocycles. The summed E-state index contributed by atoms with van der Waals surface area (Å²) < 4.78 is 26.4. The molecule has 1 saturated carbocycles. The Hall–Kier alpha value is -5.72. The molecular formula is C32H30FN7O5. The highest BCUT2D eigenvalue weighted by Gasteiger charge is 2.39. The number of nitrogens with zero attached hydrogens (tertiary/aromatic N) is 5. The first kappa shape index (κ1) is 29.4. The third-order valence-electron chi connectivity index (χ3n) is 7.46. The molecule has 1 amide bonds. The maximum absolute atomic E-state index is 13.6. The normalized spacial score (nSPS) is 15.4. The first-order valence-corrected chi connectivity index (χ1v) is 14.1. The minimum atomic E-state index is -1.07. The quantitative estimate of drug-likeness (QED) is 0.226. The number of ether oxygens (including phenoxy) is 2. The van der Waals surface area contributed by atoms with Crippen LogP contribution in [0.1, 0.15) is 32.8 Å². The Labute approximate surface area is 257 Å². The molecule has 0 bridgehead atoms. The van der Waals surface area contributed by atoms with E-state index in [1.165, 1.54) is 22.4 Å². The van der Waals surface area contributed by atoms with Crippen molar-refractivity contribution in [2.45, 2.75) is 25.2 Å². The maximum atomic E-state index is 13.6. The van der Waals surface area contributed by atoms with Gasteiger partial charge in [0.1, 0.15) is 17.6 Å². The second kappa shape index (κ2) is 12.1. The lowest BCUT2D eigenvalue weighted by atomic mass is 10.2. The van der Waals surface area contributed by atoms with Gasteiger partial charge in [0.15, 0.2) is 17.2 Å². The van der Waals surface area contributed by atoms with Crippen molar-refractivity contribution in [3.63, 3.8) is 0 Å². The highest BCUT2D eigenvalue weighted by molar-refractivity contribution is 5.94. The molecule has 0 spiro atoms. The average Bonchev–Trinajstić information content (AvgIpc) is 3.57. The predicted octanol–water partition coefficient (Wildman–Crippen LogP) is 3.90. The number of pyridine rings is 1. The SMILES string of the molecule is COC(=O)c1cccc(-n2cccc(Nc3cc(N(C)Cc4ccc(OC)cc4)c4ncc(C(=O)N[C@@H]5C[C@@H]5F)n4n3)c2=O)c1. The summed E-state index contributed by atoms with van der Waals surface area (Å²) in [6.45, 7) is 0.484. The van der Waals surface area contributed by atoms with Crippen LogP contribution in [0.15, 0.2) is 83.9 Å². The fourth-order valence-electron chi connectivity index (χ4n) is 4.93. The molecular weight excluding hydrogens is 581 g/mol. The van der Waals surface area contributed by atoms with E-state index in [9.17, 15) is 18.8 Å². The average molecular weight is 612 g/mol. The smallest absolute Gasteiger partial charge is 0.337 e. The zero-order valence-corrected chi connectivity index (χ0v) is 24.7. The number of aromatic nitrogens is 4. The van der Waals surface area contributed by atoms with Crippen molar-refractivity contribution in [2.75, 3.05) is 31.5 Å². The number of methoxy groups -OCH3 is 2. The molecule has 0 radical (unpaired) electrons. The summed E-state index contributed by atoms with van der Waals surface area (Å²) in [7, 11) is 4.77. The lowest BCUT2D eigenvalue weighted by Gasteiger charge is -2.21. The largest absolute Gasteiger partial charge is 0.497 e. The van der Waals surface area contributed by atoms with Gasteiger partial charge in [-0.2, -0.15) is 0 Å². The van der Waals surface area contributed by atoms with Gasteiger partial charge in [0.05, 0.1) is 37.7 Å². The molecule has 45 heavy (non-hydrogen) atoms. The van der Waals surface area contributed by atoms with Crippen LogP contribution in [-0.4, -0.2) is 64.5 Å². The number of amides is 1. The fraction of sp³-hybridized carbons (Fsp3) is 0.219. The molecule has 2 aromatic carbocycles. The van der Waals surface area contributed by atoms with Crippen molar-refractivity contribution in [3.8, 4) is 11.4 Å². The molecule has 1 aliphatic carbocycles. The fourth-order valence-corrected chi connectivity index (χ4v) is 4.93. The van der Waals surface area contributed by atoms with Crippen LogP contribution in [0, 0.1) is 0 Å². The molecule has 6 rings (SSSR count). The summed E-state index contributed by atoms with van der Waals surface area (Å²) in [6.07, 6.45) is 2.17. The molecule has 12 nitrogen and oxygen atoms in total. The Balaban J connectivity index is 1.38. The Morgan fingerprint density at radius 1 is 1.09 bits per heavy atom. The van der Waals surface area contributed by atoms with Crippen LogP contribution in [0.25, 0.3) is 11.3 Å². The molecule has 2 atom stereocenters. The van der Waals surface area contributed by atoms with Crippen molar-refractivity contribution in [3.05, 3.63) is 106 Å². The summed E-state index contributed by atoms with van der Waals surface area (Å²) in [4.78, 5) is 45.1. The summed E-state index contributed by atoms with van der Waals surface area (Å²) in [5.41, 5.74) is 2.70. The van der Waals surface area contributed by atoms with Gasteiger partial charge < -0.3 is 25.0 Å². The number of hydrogen-bond acceptors (Lipinski definition) is 9. The van der Waals surface area contributed by atoms with E-state index in [1.807, 2.05) is 36.2 Å². The van der Waals surface area contributed by atoms with Crippen molar-refractivity contribution in [1.29, 1.82) is 0 Å². The predicted molar refractivity (Wildman–Crippen MR) is 166 cm³/mol. The van der Waals surface area contributed by atoms with Crippen molar-refractivity contribution < 1.29 is 23.5 Å². The molecule has 0 saturated heterocycles. The molecule has 0 unspecified atom stereocenters. The minimum absolute atomic E-state index is 0.122. The zero-order chi connectivity index (χ0) is 31.7. The van der Waals surface area contributed by atoms with Crippen LogP contribution >= 0.6 is 0 Å². The van der Waals surface area contributed by atoms with Gasteiger partial charge >= 0.3 is 5.97 Å². The van der Waals surface area contributed by atoms with E-state index in [2.05, 4.69) is 20.7 Å². The van der Waals surface area contributed by atoms with Gasteiger partial charge in [-0.05, 0) is 48.0 Å². The summed E-state index contributed by atoms with van der Waals surface area (Å²) in [5.74, 6) is -0.0283. The first-order chi connectivity index (χ1) is 21.7. The molecule has 0 aliphatic heterocycles. The van der Waals surface area contributed by atoms with Crippen LogP contribution in [0.4, 0.5) is 21.6 Å². The number of anilines is 3. The third-order valence-corrected chi connectivity index (χ3v) is 7.46. The van der Waals surface area contributed by atoms with Crippen LogP contribution in [0.3, 0.4) is 0 Å². The van der Waals surface area contributed by atoms with E-state index >= 15 is 0 Å². The molecule has 1 fully saturated rings. The zero-order valence-electron chi connectivity index (χ0n) is 24.7. The Morgan fingerprint density at radius 2 is 1.87 bits per heavy atom. The van der Waals surface area contributed by atoms with Crippen molar-refractivity contribution >= 4 is 34.7 Å². The summed E-state index contributed by atoms with van der Waals surface area (Å²) in [5, 5.41) is 10.4. The van der Waals surface area contributed by atoms with Gasteiger partial charge in [-0.1, -0.05) is 18.2 Å². The standard InChI is InChI=1S/C32H30FN7O5/c1-38(18-19-9-11-22(44-2)12-10-19)26-16-28(37-40-27(17-34-29(26)40)30(41)36-25-15-23(25)33)35-24-8-5-13-39(31(24)42)21-7-4-6-20(14-21)32(43)45-3/h4-14,16-17,23,25H,15,18H2,1-3H3,(H,35,37)(H,36,41)/t23-,25+/m0/s1. The monoisotopic (exact) mass is 611 g/mol. The van der Waals surface area contributed by atoms with Crippen molar-refractivity contribution in [1.82, 2.24) is 24.5 Å². The van der Waals surface area contributed by atoms with E-state index in [-0.39, 0.29) is 23.6 Å². The second-order valence-corrected chi connectivity index (χ2v) is 10.6. The number of rotatable bonds is 10. The molecule has 13 heteroatoms. The number of hydrogen-bond donors (Lipinski definition) is 2. The number of esters is 1. The number of imidazole rings is 1. The van der Waals surface area contributed by atoms with E-state index in [0.29, 0.717) is 29.1 Å². The molecule has 3 heterocycles. The molecule has 5 aromatic rings. The Bertz CT molecular complexity index is 1960. The van der Waals surface area contributed by atoms with E-state index in [0.717, 1.165) is 11.3 Å². The topological polar surface area (TPSA) is 132 Å². The van der Waals surface area contributed by atoms with E-state index in [4.69, 9.17) is 9.47 Å². The van der Waals surface area contributed by atoms with Gasteiger partial charge in [0.25, 0.3) is 11.5 Å². The first-order valence-electron chi connectivity index (χ1n) is 14.1. The summed E-state index contributed by atoms with van der Waals surface area (Å²) in [6, 6.07) is 18.6. The lowest BCUT2D eigenvalue weighted by molar-refractivity contribution is 0.0600. The van der Waals surface area contributed by atoms with Crippen LogP contribution < -0.4 is 25.8 Å². The number of carbonyl (C=O) groups excluding carboxylic acids is 2. The number of alkyl halides is 1. The molecule has 230 valence electrons. The highest BCUT2D eigenvalue weighted by atomic mass is 19.1. The van der Waals surface area contributed by atoms with Crippen LogP contribution in [-0.2, 0) is 11.3 Å². The summed E-state index contributed by atoms with van der Waals surface area (Å²) >= 11 is 0. The Kier molecular flexibility index (Phi) is 7.90. The molecule has 2 N–H and O–H groups in total. The Morgan fingerprint density at radius 3 is 2.58 bits per heavy atom. The maximum Gasteiger partial charge on any atom is 0.337 e. The number of nitrogens with one attached hydrogen (secondary N) is 2. The second-order valence-electron chi connectivity index (χ2n) is 10.6. The van der Waals surface area contributed by atoms with Crippen molar-refractivity contribution in [2.24, 2.45) is 0 Å². The third kappa shape index (κ3) is 6.05. The minimum Gasteiger partial charge on any atom is -0.497 e. The van der Waals surface area contributed by atoms with E-state index < -0.39 is 29.6 Å². The van der Waals surface area contributed by atoms with Gasteiger partial charge in [-0.3, -0.25) is 14.2 Å². The van der Waals surface area contributed by atoms with Gasteiger partial charge in [0, 0.05) is 38.0 Å². The molecule has 1 aliphatic rings. The van der Waals surface area contributed by atoms with Gasteiger partial charge in [-0.25, -0.2) is 18.7 Å². The number of halogens is 1. The number of benzene rings is 2. The van der Waals surface area contributed by atoms with Gasteiger partial charge in [-0.15, -0.1) is 5.10 Å². The van der Waals surface area contributed by atoms with Crippen LogP contribution in [0.2, 0.25) is 0 Å².